The summed E-state index contributed by atoms with van der Waals surface area (Å²) in [6.45, 7) is 26.3. The molecular weight excluding hydrogens is 432 g/mol. The fourth-order valence-electron chi connectivity index (χ4n) is 4.72. The SMILES string of the molecule is C=CC[C@H](C[C@H](CC(=O)[C@H](C)CO[Si](C(C)C)(C(C)C)C(C)C)C(C)=O)OC(=O)C(C)(C)C. The Morgan fingerprint density at radius 2 is 1.42 bits per heavy atom. The predicted octanol–water partition coefficient (Wildman–Crippen LogP) is 6.90. The number of hydrogen-bond acceptors (Lipinski definition) is 5. The molecule has 0 rings (SSSR count). The highest BCUT2D eigenvalue weighted by Gasteiger charge is 2.45. The number of carbonyl (C=O) groups is 3. The third-order valence-electron chi connectivity index (χ3n) is 6.73. The Balaban J connectivity index is 5.32. The number of ketones is 2. The number of esters is 1. The van der Waals surface area contributed by atoms with Gasteiger partial charge in [0.05, 0.1) is 5.41 Å². The molecule has 3 atom stereocenters. The van der Waals surface area contributed by atoms with Crippen LogP contribution in [0.25, 0.3) is 0 Å². The molecule has 0 aromatic carbocycles. The summed E-state index contributed by atoms with van der Waals surface area (Å²) in [5.41, 5.74) is 0.706. The van der Waals surface area contributed by atoms with Gasteiger partial charge in [0.1, 0.15) is 17.7 Å². The number of ether oxygens (including phenoxy) is 1. The Kier molecular flexibility index (Phi) is 13.0. The fourth-order valence-corrected chi connectivity index (χ4v) is 10.3. The van der Waals surface area contributed by atoms with Gasteiger partial charge in [0, 0.05) is 31.3 Å². The standard InChI is InChI=1S/C27H50O5Si/c1-13-14-24(32-26(30)27(10,11)12)15-23(22(9)28)16-25(29)21(8)17-31-33(18(2)3,19(4)5)20(6)7/h13,18-21,23-24H,1,14-17H2,2-12H3/t21-,23-,24-/m1/s1. The summed E-state index contributed by atoms with van der Waals surface area (Å²) in [7, 11) is -2.06. The minimum atomic E-state index is -2.06. The molecule has 0 bridgehead atoms. The van der Waals surface area contributed by atoms with E-state index >= 15 is 0 Å². The van der Waals surface area contributed by atoms with Crippen LogP contribution in [0, 0.1) is 17.3 Å². The largest absolute Gasteiger partial charge is 0.462 e. The summed E-state index contributed by atoms with van der Waals surface area (Å²) in [6, 6.07) is 0. The summed E-state index contributed by atoms with van der Waals surface area (Å²) in [5, 5.41) is 0. The Labute approximate surface area is 204 Å². The van der Waals surface area contributed by atoms with Crippen molar-refractivity contribution in [2.24, 2.45) is 17.3 Å². The van der Waals surface area contributed by atoms with Crippen molar-refractivity contribution >= 4 is 25.9 Å². The molecule has 6 heteroatoms. The van der Waals surface area contributed by atoms with Crippen LogP contribution in [-0.4, -0.2) is 38.6 Å². The van der Waals surface area contributed by atoms with Crippen LogP contribution in [0.15, 0.2) is 12.7 Å². The van der Waals surface area contributed by atoms with Crippen molar-refractivity contribution in [2.75, 3.05) is 6.61 Å². The van der Waals surface area contributed by atoms with Crippen LogP contribution < -0.4 is 0 Å². The summed E-state index contributed by atoms with van der Waals surface area (Å²) in [4.78, 5) is 37.8. The van der Waals surface area contributed by atoms with Gasteiger partial charge in [0.2, 0.25) is 0 Å². The van der Waals surface area contributed by atoms with Crippen LogP contribution in [0.3, 0.4) is 0 Å². The van der Waals surface area contributed by atoms with Crippen molar-refractivity contribution < 1.29 is 23.5 Å². The lowest BCUT2D eigenvalue weighted by Crippen LogP contribution is -2.49. The second-order valence-corrected chi connectivity index (χ2v) is 17.0. The highest BCUT2D eigenvalue weighted by molar-refractivity contribution is 6.77. The molecule has 5 nitrogen and oxygen atoms in total. The molecule has 0 N–H and O–H groups in total. The van der Waals surface area contributed by atoms with E-state index in [2.05, 4.69) is 48.1 Å². The quantitative estimate of drug-likeness (QED) is 0.144. The van der Waals surface area contributed by atoms with E-state index in [4.69, 9.17) is 9.16 Å². The highest BCUT2D eigenvalue weighted by atomic mass is 28.4. The Bertz CT molecular complexity index is 638. The third-order valence-corrected chi connectivity index (χ3v) is 12.8. The van der Waals surface area contributed by atoms with E-state index < -0.39 is 25.8 Å². The molecular formula is C27H50O5Si. The van der Waals surface area contributed by atoms with Crippen molar-refractivity contribution in [1.29, 1.82) is 0 Å². The van der Waals surface area contributed by atoms with Crippen molar-refractivity contribution in [1.82, 2.24) is 0 Å². The maximum atomic E-state index is 13.1. The van der Waals surface area contributed by atoms with Crippen LogP contribution in [0.4, 0.5) is 0 Å². The normalized spacial score (nSPS) is 15.5. The lowest BCUT2D eigenvalue weighted by atomic mass is 9.88. The first-order valence-corrected chi connectivity index (χ1v) is 14.6. The van der Waals surface area contributed by atoms with Gasteiger partial charge in [-0.15, -0.1) is 6.58 Å². The van der Waals surface area contributed by atoms with Crippen molar-refractivity contribution in [3.63, 3.8) is 0 Å². The summed E-state index contributed by atoms with van der Waals surface area (Å²) in [5.74, 6) is -1.13. The van der Waals surface area contributed by atoms with E-state index in [1.54, 1.807) is 26.8 Å². The molecule has 0 fully saturated rings. The molecule has 0 saturated heterocycles. The monoisotopic (exact) mass is 482 g/mol. The van der Waals surface area contributed by atoms with Gasteiger partial charge in [-0.2, -0.15) is 0 Å². The summed E-state index contributed by atoms with van der Waals surface area (Å²) in [6.07, 6.45) is 2.13. The molecule has 0 aliphatic carbocycles. The van der Waals surface area contributed by atoms with Crippen molar-refractivity contribution in [3.8, 4) is 0 Å². The van der Waals surface area contributed by atoms with E-state index in [0.717, 1.165) is 0 Å². The van der Waals surface area contributed by atoms with E-state index in [1.807, 2.05) is 6.92 Å². The molecule has 0 aliphatic heterocycles. The van der Waals surface area contributed by atoms with Crippen molar-refractivity contribution in [3.05, 3.63) is 12.7 Å². The average Bonchev–Trinajstić information content (AvgIpc) is 2.65. The second-order valence-electron chi connectivity index (χ2n) is 11.5. The fraction of sp³-hybridized carbons (Fsp3) is 0.815. The first-order chi connectivity index (χ1) is 15.0. The molecule has 0 radical (unpaired) electrons. The van der Waals surface area contributed by atoms with Gasteiger partial charge >= 0.3 is 5.97 Å². The van der Waals surface area contributed by atoms with Crippen LogP contribution in [0.5, 0.6) is 0 Å². The lowest BCUT2D eigenvalue weighted by molar-refractivity contribution is -0.159. The number of rotatable bonds is 15. The molecule has 0 saturated carbocycles. The van der Waals surface area contributed by atoms with Crippen LogP contribution in [0.2, 0.25) is 16.6 Å². The zero-order valence-corrected chi connectivity index (χ0v) is 24.1. The molecule has 0 spiro atoms. The van der Waals surface area contributed by atoms with Gasteiger partial charge < -0.3 is 9.16 Å². The van der Waals surface area contributed by atoms with Gasteiger partial charge in [0.25, 0.3) is 0 Å². The highest BCUT2D eigenvalue weighted by Crippen LogP contribution is 2.42. The lowest BCUT2D eigenvalue weighted by Gasteiger charge is -2.42. The number of Topliss-reactive ketones (excluding diaryl/α,β-unsaturated/α-hetero) is 2. The van der Waals surface area contributed by atoms with E-state index in [0.29, 0.717) is 36.1 Å². The zero-order chi connectivity index (χ0) is 26.1. The molecule has 0 amide bonds. The van der Waals surface area contributed by atoms with Crippen LogP contribution >= 0.6 is 0 Å². The molecule has 0 aromatic heterocycles. The summed E-state index contributed by atoms with van der Waals surface area (Å²) >= 11 is 0. The van der Waals surface area contributed by atoms with Gasteiger partial charge in [-0.05, 0) is 50.7 Å². The molecule has 0 aliphatic rings. The maximum absolute atomic E-state index is 13.1. The average molecular weight is 483 g/mol. The molecule has 0 heterocycles. The minimum Gasteiger partial charge on any atom is -0.462 e. The Hall–Kier alpha value is -1.27. The molecule has 0 unspecified atom stereocenters. The molecule has 33 heavy (non-hydrogen) atoms. The Morgan fingerprint density at radius 3 is 1.79 bits per heavy atom. The maximum Gasteiger partial charge on any atom is 0.311 e. The minimum absolute atomic E-state index is 0.0221. The van der Waals surface area contributed by atoms with E-state index in [-0.39, 0.29) is 29.9 Å². The second kappa shape index (κ2) is 13.6. The first-order valence-electron chi connectivity index (χ1n) is 12.5. The predicted molar refractivity (Wildman–Crippen MR) is 139 cm³/mol. The first kappa shape index (κ1) is 31.7. The Morgan fingerprint density at radius 1 is 0.939 bits per heavy atom. The number of hydrogen-bond donors (Lipinski definition) is 0. The van der Waals surface area contributed by atoms with Crippen LogP contribution in [-0.2, 0) is 23.5 Å². The van der Waals surface area contributed by atoms with Gasteiger partial charge in [-0.25, -0.2) is 0 Å². The number of carbonyl (C=O) groups excluding carboxylic acids is 3. The summed E-state index contributed by atoms with van der Waals surface area (Å²) < 4.78 is 12.3. The topological polar surface area (TPSA) is 69.7 Å². The van der Waals surface area contributed by atoms with E-state index in [1.165, 1.54) is 6.92 Å². The smallest absolute Gasteiger partial charge is 0.311 e. The molecule has 192 valence electrons. The van der Waals surface area contributed by atoms with E-state index in [9.17, 15) is 14.4 Å². The molecule has 0 aromatic rings. The van der Waals surface area contributed by atoms with Crippen molar-refractivity contribution in [2.45, 2.75) is 118 Å². The van der Waals surface area contributed by atoms with Gasteiger partial charge in [0.15, 0.2) is 8.32 Å². The third kappa shape index (κ3) is 9.48. The zero-order valence-electron chi connectivity index (χ0n) is 23.1. The van der Waals surface area contributed by atoms with Gasteiger partial charge in [-0.3, -0.25) is 14.4 Å². The van der Waals surface area contributed by atoms with Gasteiger partial charge in [-0.1, -0.05) is 54.5 Å². The van der Waals surface area contributed by atoms with Crippen LogP contribution in [0.1, 0.15) is 95.4 Å².